The van der Waals surface area contributed by atoms with E-state index in [1.165, 1.54) is 10.6 Å². The van der Waals surface area contributed by atoms with Crippen LogP contribution in [0.4, 0.5) is 0 Å². The van der Waals surface area contributed by atoms with Gasteiger partial charge >= 0.3 is 0 Å². The number of hydrogen-bond donors (Lipinski definition) is 1. The maximum Gasteiger partial charge on any atom is 0.124 e. The van der Waals surface area contributed by atoms with E-state index in [0.29, 0.717) is 11.8 Å². The highest BCUT2D eigenvalue weighted by molar-refractivity contribution is 7.15. The Balaban J connectivity index is 1.91. The Kier molecular flexibility index (Phi) is 3.29. The van der Waals surface area contributed by atoms with E-state index in [1.54, 1.807) is 23.5 Å². The Hall–Kier alpha value is -1.39. The van der Waals surface area contributed by atoms with Crippen molar-refractivity contribution in [3.8, 4) is 16.3 Å². The fraction of sp³-hybridized carbons (Fsp3) is 0.400. The quantitative estimate of drug-likeness (QED) is 0.913. The van der Waals surface area contributed by atoms with Crippen LogP contribution in [0.3, 0.4) is 0 Å². The van der Waals surface area contributed by atoms with E-state index >= 15 is 0 Å². The van der Waals surface area contributed by atoms with Gasteiger partial charge in [-0.25, -0.2) is 4.98 Å². The predicted molar refractivity (Wildman–Crippen MR) is 78.5 cm³/mol. The van der Waals surface area contributed by atoms with Crippen LogP contribution < -0.4 is 0 Å². The Bertz CT molecular complexity index is 592. The number of phenolic OH excluding ortho intramolecular Hbond substituents is 1. The number of fused-ring (bicyclic) bond motifs is 1. The van der Waals surface area contributed by atoms with Crippen LogP contribution in [0.15, 0.2) is 24.3 Å². The van der Waals surface area contributed by atoms with Gasteiger partial charge in [-0.15, -0.1) is 11.3 Å². The molecule has 0 unspecified atom stereocenters. The third kappa shape index (κ3) is 2.51. The third-order valence-electron chi connectivity index (χ3n) is 3.58. The molecule has 19 heavy (non-hydrogen) atoms. The number of phenols is 1. The Morgan fingerprint density at radius 3 is 2.95 bits per heavy atom. The number of benzene rings is 1. The fourth-order valence-electron chi connectivity index (χ4n) is 2.42. The smallest absolute Gasteiger partial charge is 0.124 e. The summed E-state index contributed by atoms with van der Waals surface area (Å²) >= 11 is 1.75. The van der Waals surface area contributed by atoms with Gasteiger partial charge in [0.1, 0.15) is 10.8 Å². The normalized spacial score (nSPS) is 15.7. The largest absolute Gasteiger partial charge is 0.508 e. The zero-order valence-corrected chi connectivity index (χ0v) is 12.1. The summed E-state index contributed by atoms with van der Waals surface area (Å²) in [5.41, 5.74) is 2.25. The predicted octanol–water partition coefficient (Wildman–Crippen LogP) is 3.28. The van der Waals surface area contributed by atoms with Crippen LogP contribution in [0.5, 0.6) is 5.75 Å². The summed E-state index contributed by atoms with van der Waals surface area (Å²) in [4.78, 5) is 8.59. The number of rotatable bonds is 2. The molecule has 4 heteroatoms. The monoisotopic (exact) mass is 274 g/mol. The van der Waals surface area contributed by atoms with Crippen LogP contribution in [-0.4, -0.2) is 27.6 Å². The van der Waals surface area contributed by atoms with Crippen LogP contribution in [0, 0.1) is 0 Å². The molecule has 0 aliphatic carbocycles. The molecular weight excluding hydrogens is 256 g/mol. The molecule has 1 aromatic heterocycles. The molecule has 0 atom stereocenters. The van der Waals surface area contributed by atoms with Gasteiger partial charge in [-0.1, -0.05) is 12.1 Å². The second-order valence-corrected chi connectivity index (χ2v) is 6.34. The zero-order valence-electron chi connectivity index (χ0n) is 11.3. The standard InChI is InChI=1S/C15H18N2OS/c1-10(2)17-7-6-13-14(9-17)19-15(16-13)11-4-3-5-12(18)8-11/h3-5,8,10,18H,6-7,9H2,1-2H3. The molecule has 1 N–H and O–H groups in total. The van der Waals surface area contributed by atoms with Crippen LogP contribution in [-0.2, 0) is 13.0 Å². The first-order chi connectivity index (χ1) is 9.13. The van der Waals surface area contributed by atoms with Crippen molar-refractivity contribution in [2.75, 3.05) is 6.54 Å². The second kappa shape index (κ2) is 4.94. The van der Waals surface area contributed by atoms with Gasteiger partial charge in [-0.2, -0.15) is 0 Å². The van der Waals surface area contributed by atoms with Gasteiger partial charge < -0.3 is 5.11 Å². The van der Waals surface area contributed by atoms with Crippen molar-refractivity contribution in [2.24, 2.45) is 0 Å². The van der Waals surface area contributed by atoms with E-state index in [1.807, 2.05) is 12.1 Å². The summed E-state index contributed by atoms with van der Waals surface area (Å²) < 4.78 is 0. The van der Waals surface area contributed by atoms with Gasteiger partial charge in [0.15, 0.2) is 0 Å². The zero-order chi connectivity index (χ0) is 13.4. The fourth-order valence-corrected chi connectivity index (χ4v) is 3.55. The van der Waals surface area contributed by atoms with Crippen LogP contribution in [0.2, 0.25) is 0 Å². The van der Waals surface area contributed by atoms with E-state index in [2.05, 4.69) is 18.7 Å². The third-order valence-corrected chi connectivity index (χ3v) is 4.72. The minimum Gasteiger partial charge on any atom is -0.508 e. The lowest BCUT2D eigenvalue weighted by atomic mass is 10.1. The maximum absolute atomic E-state index is 9.56. The molecule has 0 radical (unpaired) electrons. The topological polar surface area (TPSA) is 36.4 Å². The van der Waals surface area contributed by atoms with Crippen LogP contribution >= 0.6 is 11.3 Å². The first-order valence-electron chi connectivity index (χ1n) is 6.65. The molecule has 0 spiro atoms. The molecular formula is C15H18N2OS. The van der Waals surface area contributed by atoms with Gasteiger partial charge in [-0.05, 0) is 26.0 Å². The Morgan fingerprint density at radius 1 is 1.37 bits per heavy atom. The number of nitrogens with zero attached hydrogens (tertiary/aromatic N) is 2. The number of thiazole rings is 1. The molecule has 0 bridgehead atoms. The average molecular weight is 274 g/mol. The lowest BCUT2D eigenvalue weighted by Crippen LogP contribution is -2.35. The minimum absolute atomic E-state index is 0.300. The van der Waals surface area contributed by atoms with E-state index in [0.717, 1.165) is 30.1 Å². The van der Waals surface area contributed by atoms with Gasteiger partial charge in [-0.3, -0.25) is 4.90 Å². The molecule has 3 rings (SSSR count). The molecule has 2 heterocycles. The molecule has 1 aliphatic heterocycles. The average Bonchev–Trinajstić information content (AvgIpc) is 2.81. The molecule has 100 valence electrons. The first kappa shape index (κ1) is 12.6. The van der Waals surface area contributed by atoms with Crippen molar-refractivity contribution in [3.63, 3.8) is 0 Å². The van der Waals surface area contributed by atoms with Crippen LogP contribution in [0.25, 0.3) is 10.6 Å². The van der Waals surface area contributed by atoms with Crippen molar-refractivity contribution in [1.82, 2.24) is 9.88 Å². The summed E-state index contributed by atoms with van der Waals surface area (Å²) in [5, 5.41) is 10.6. The highest BCUT2D eigenvalue weighted by Gasteiger charge is 2.22. The summed E-state index contributed by atoms with van der Waals surface area (Å²) in [6.45, 7) is 6.57. The van der Waals surface area contributed by atoms with Gasteiger partial charge in [0.05, 0.1) is 5.69 Å². The first-order valence-corrected chi connectivity index (χ1v) is 7.47. The molecule has 0 saturated carbocycles. The Morgan fingerprint density at radius 2 is 2.21 bits per heavy atom. The SMILES string of the molecule is CC(C)N1CCc2nc(-c3cccc(O)c3)sc2C1. The maximum atomic E-state index is 9.56. The number of aromatic hydroxyl groups is 1. The number of hydrogen-bond acceptors (Lipinski definition) is 4. The molecule has 0 saturated heterocycles. The van der Waals surface area contributed by atoms with E-state index < -0.39 is 0 Å². The molecule has 0 amide bonds. The van der Waals surface area contributed by atoms with Gasteiger partial charge in [0, 0.05) is 36.0 Å². The van der Waals surface area contributed by atoms with Crippen molar-refractivity contribution < 1.29 is 5.11 Å². The van der Waals surface area contributed by atoms with Crippen molar-refractivity contribution >= 4 is 11.3 Å². The molecule has 3 nitrogen and oxygen atoms in total. The molecule has 1 aromatic carbocycles. The highest BCUT2D eigenvalue weighted by atomic mass is 32.1. The number of aromatic nitrogens is 1. The Labute approximate surface area is 117 Å². The summed E-state index contributed by atoms with van der Waals surface area (Å²) in [5.74, 6) is 0.300. The van der Waals surface area contributed by atoms with E-state index in [9.17, 15) is 5.11 Å². The lowest BCUT2D eigenvalue weighted by Gasteiger charge is -2.29. The summed E-state index contributed by atoms with van der Waals surface area (Å²) in [7, 11) is 0. The lowest BCUT2D eigenvalue weighted by molar-refractivity contribution is 0.205. The molecule has 0 fully saturated rings. The van der Waals surface area contributed by atoms with Crippen molar-refractivity contribution in [3.05, 3.63) is 34.8 Å². The van der Waals surface area contributed by atoms with E-state index in [4.69, 9.17) is 4.98 Å². The highest BCUT2D eigenvalue weighted by Crippen LogP contribution is 2.33. The van der Waals surface area contributed by atoms with Crippen LogP contribution in [0.1, 0.15) is 24.4 Å². The second-order valence-electron chi connectivity index (χ2n) is 5.25. The summed E-state index contributed by atoms with van der Waals surface area (Å²) in [6.07, 6.45) is 1.03. The van der Waals surface area contributed by atoms with Crippen molar-refractivity contribution in [2.45, 2.75) is 32.9 Å². The molecule has 1 aliphatic rings. The van der Waals surface area contributed by atoms with Gasteiger partial charge in [0.2, 0.25) is 0 Å². The van der Waals surface area contributed by atoms with E-state index in [-0.39, 0.29) is 0 Å². The molecule has 2 aromatic rings. The summed E-state index contributed by atoms with van der Waals surface area (Å²) in [6, 6.07) is 7.93. The van der Waals surface area contributed by atoms with Gasteiger partial charge in [0.25, 0.3) is 0 Å². The minimum atomic E-state index is 0.300. The van der Waals surface area contributed by atoms with Crippen molar-refractivity contribution in [1.29, 1.82) is 0 Å².